The third-order valence-electron chi connectivity index (χ3n) is 8.96. The maximum atomic E-state index is 13.5. The summed E-state index contributed by atoms with van der Waals surface area (Å²) in [4.78, 5) is 47.2. The van der Waals surface area contributed by atoms with Gasteiger partial charge in [0, 0.05) is 60.3 Å². The molecular weight excluding hydrogens is 622 g/mol. The number of hydrogen-bond acceptors (Lipinski definition) is 9. The Morgan fingerprint density at radius 3 is 2.35 bits per heavy atom. The van der Waals surface area contributed by atoms with Gasteiger partial charge in [-0.25, -0.2) is 4.98 Å². The molecule has 1 saturated heterocycles. The maximum absolute atomic E-state index is 13.5. The summed E-state index contributed by atoms with van der Waals surface area (Å²) in [5.41, 5.74) is 8.68. The molecule has 0 radical (unpaired) electrons. The summed E-state index contributed by atoms with van der Waals surface area (Å²) < 4.78 is 11.4. The number of likely N-dealkylation sites (N-methyl/N-ethyl adjacent to an activating group) is 1. The van der Waals surface area contributed by atoms with E-state index in [-0.39, 0.29) is 35.5 Å². The molecule has 3 aromatic rings. The molecule has 5 rings (SSSR count). The Morgan fingerprint density at radius 1 is 0.980 bits per heavy atom. The molecule has 2 atom stereocenters. The van der Waals surface area contributed by atoms with Crippen LogP contribution in [0.1, 0.15) is 76.5 Å². The lowest BCUT2D eigenvalue weighted by atomic mass is 9.95. The number of benzene rings is 2. The van der Waals surface area contributed by atoms with E-state index in [1.54, 1.807) is 55.8 Å². The molecule has 0 bridgehead atoms. The van der Waals surface area contributed by atoms with Crippen LogP contribution in [0.2, 0.25) is 0 Å². The molecular formula is C37H47N7O5. The number of carbonyl (C=O) groups is 3. The Morgan fingerprint density at radius 2 is 1.69 bits per heavy atom. The van der Waals surface area contributed by atoms with E-state index in [0.717, 1.165) is 37.9 Å². The van der Waals surface area contributed by atoms with Crippen LogP contribution in [-0.4, -0.2) is 80.1 Å². The highest BCUT2D eigenvalue weighted by Crippen LogP contribution is 2.33. The number of pyridine rings is 1. The predicted octanol–water partition coefficient (Wildman–Crippen LogP) is 4.85. The number of amides is 3. The third kappa shape index (κ3) is 8.88. The van der Waals surface area contributed by atoms with Crippen molar-refractivity contribution in [2.75, 3.05) is 44.6 Å². The molecule has 1 aromatic heterocycles. The summed E-state index contributed by atoms with van der Waals surface area (Å²) in [5.74, 6) is 0.821. The second-order valence-electron chi connectivity index (χ2n) is 13.0. The quantitative estimate of drug-likeness (QED) is 0.200. The van der Waals surface area contributed by atoms with E-state index in [2.05, 4.69) is 39.3 Å². The monoisotopic (exact) mass is 669 g/mol. The third-order valence-corrected chi connectivity index (χ3v) is 8.96. The molecule has 12 heteroatoms. The second-order valence-corrected chi connectivity index (χ2v) is 13.0. The van der Waals surface area contributed by atoms with E-state index in [0.29, 0.717) is 59.3 Å². The number of piperidine rings is 1. The molecule has 0 spiro atoms. The number of nitrogens with one attached hydrogen (secondary N) is 3. The first-order valence-electron chi connectivity index (χ1n) is 16.7. The van der Waals surface area contributed by atoms with Crippen LogP contribution in [0, 0.1) is 0 Å². The minimum absolute atomic E-state index is 0.00380. The first kappa shape index (κ1) is 35.2. The first-order chi connectivity index (χ1) is 23.5. The summed E-state index contributed by atoms with van der Waals surface area (Å²) in [7, 11) is 5.50. The summed E-state index contributed by atoms with van der Waals surface area (Å²) in [5, 5.41) is 9.47. The number of hydrogen-bond donors (Lipinski definition) is 4. The molecule has 2 unspecified atom stereocenters. The van der Waals surface area contributed by atoms with Crippen LogP contribution in [0.4, 0.5) is 17.2 Å². The van der Waals surface area contributed by atoms with Crippen LogP contribution >= 0.6 is 0 Å². The van der Waals surface area contributed by atoms with Crippen molar-refractivity contribution in [1.29, 1.82) is 0 Å². The van der Waals surface area contributed by atoms with Gasteiger partial charge in [-0.1, -0.05) is 19.4 Å². The Balaban J connectivity index is 1.24. The Bertz CT molecular complexity index is 1670. The second kappa shape index (κ2) is 15.9. The number of rotatable bonds is 13. The van der Waals surface area contributed by atoms with Crippen molar-refractivity contribution in [3.63, 3.8) is 0 Å². The first-order valence-corrected chi connectivity index (χ1v) is 16.7. The lowest BCUT2D eigenvalue weighted by molar-refractivity contribution is 0.0925. The highest BCUT2D eigenvalue weighted by molar-refractivity contribution is 6.02. The topological polar surface area (TPSA) is 151 Å². The van der Waals surface area contributed by atoms with Gasteiger partial charge in [0.25, 0.3) is 17.7 Å². The van der Waals surface area contributed by atoms with E-state index >= 15 is 0 Å². The lowest BCUT2D eigenvalue weighted by Gasteiger charge is -2.40. The zero-order valence-electron chi connectivity index (χ0n) is 28.8. The molecule has 2 fully saturated rings. The molecule has 2 aliphatic rings. The standard InChI is InChI=1S/C37H47N7O5/c1-23-18-29(19-24(2)44(23)34-15-11-26(22-39-34)37(47)41-27-8-6-7-9-27)42-36(46)25-10-13-30(35(38)45)31(20-25)40-28-12-14-32(48-5)33(21-28)49-17-16-43(3)4/h10-15,20-22,24,27,29,40H,1,6-9,16-19H2,2-5H3,(H2,38,45)(H,41,47)(H,42,46). The number of nitrogens with two attached hydrogens (primary N) is 1. The van der Waals surface area contributed by atoms with Gasteiger partial charge in [0.2, 0.25) is 0 Å². The molecule has 1 aliphatic carbocycles. The van der Waals surface area contributed by atoms with Gasteiger partial charge in [-0.3, -0.25) is 14.4 Å². The van der Waals surface area contributed by atoms with Crippen LogP contribution in [0.15, 0.2) is 67.0 Å². The highest BCUT2D eigenvalue weighted by Gasteiger charge is 2.31. The van der Waals surface area contributed by atoms with Gasteiger partial charge in [-0.05, 0) is 82.7 Å². The van der Waals surface area contributed by atoms with Crippen molar-refractivity contribution in [2.24, 2.45) is 5.73 Å². The minimum atomic E-state index is -0.626. The van der Waals surface area contributed by atoms with Crippen molar-refractivity contribution in [1.82, 2.24) is 20.5 Å². The fourth-order valence-electron chi connectivity index (χ4n) is 6.43. The van der Waals surface area contributed by atoms with Gasteiger partial charge >= 0.3 is 0 Å². The Labute approximate surface area is 288 Å². The number of nitrogens with zero attached hydrogens (tertiary/aromatic N) is 3. The fraction of sp³-hybridized carbons (Fsp3) is 0.405. The smallest absolute Gasteiger partial charge is 0.253 e. The lowest BCUT2D eigenvalue weighted by Crippen LogP contribution is -2.47. The zero-order chi connectivity index (χ0) is 35.1. The Hall–Kier alpha value is -5.10. The van der Waals surface area contributed by atoms with Crippen molar-refractivity contribution in [3.05, 3.63) is 83.7 Å². The average Bonchev–Trinajstić information content (AvgIpc) is 3.57. The minimum Gasteiger partial charge on any atom is -0.493 e. The predicted molar refractivity (Wildman–Crippen MR) is 191 cm³/mol. The maximum Gasteiger partial charge on any atom is 0.253 e. The summed E-state index contributed by atoms with van der Waals surface area (Å²) in [6.45, 7) is 7.53. The van der Waals surface area contributed by atoms with E-state index < -0.39 is 5.91 Å². The summed E-state index contributed by atoms with van der Waals surface area (Å²) in [6.07, 6.45) is 7.14. The van der Waals surface area contributed by atoms with Crippen molar-refractivity contribution < 1.29 is 23.9 Å². The number of methoxy groups -OCH3 is 1. The largest absolute Gasteiger partial charge is 0.493 e. The zero-order valence-corrected chi connectivity index (χ0v) is 28.8. The van der Waals surface area contributed by atoms with E-state index in [4.69, 9.17) is 15.2 Å². The van der Waals surface area contributed by atoms with E-state index in [1.165, 1.54) is 0 Å². The van der Waals surface area contributed by atoms with E-state index in [9.17, 15) is 14.4 Å². The van der Waals surface area contributed by atoms with Crippen LogP contribution in [0.25, 0.3) is 0 Å². The molecule has 3 amide bonds. The van der Waals surface area contributed by atoms with Crippen LogP contribution in [0.5, 0.6) is 11.5 Å². The molecule has 1 saturated carbocycles. The van der Waals surface area contributed by atoms with E-state index in [1.807, 2.05) is 25.1 Å². The van der Waals surface area contributed by atoms with Gasteiger partial charge in [-0.15, -0.1) is 0 Å². The average molecular weight is 670 g/mol. The van der Waals surface area contributed by atoms with Gasteiger partial charge < -0.3 is 41.0 Å². The molecule has 1 aliphatic heterocycles. The number of carbonyl (C=O) groups excluding carboxylic acids is 3. The number of anilines is 3. The van der Waals surface area contributed by atoms with Crippen LogP contribution in [0.3, 0.4) is 0 Å². The van der Waals surface area contributed by atoms with Crippen molar-refractivity contribution in [2.45, 2.75) is 63.6 Å². The van der Waals surface area contributed by atoms with Gasteiger partial charge in [-0.2, -0.15) is 0 Å². The van der Waals surface area contributed by atoms with Crippen LogP contribution in [-0.2, 0) is 0 Å². The molecule has 2 aromatic carbocycles. The van der Waals surface area contributed by atoms with Crippen molar-refractivity contribution in [3.8, 4) is 11.5 Å². The summed E-state index contributed by atoms with van der Waals surface area (Å²) >= 11 is 0. The molecule has 12 nitrogen and oxygen atoms in total. The molecule has 5 N–H and O–H groups in total. The number of ether oxygens (including phenoxy) is 2. The molecule has 2 heterocycles. The summed E-state index contributed by atoms with van der Waals surface area (Å²) in [6, 6.07) is 13.8. The highest BCUT2D eigenvalue weighted by atomic mass is 16.5. The normalized spacial score (nSPS) is 17.9. The SMILES string of the molecule is C=C1CC(NC(=O)c2ccc(C(N)=O)c(Nc3ccc(OC)c(OCCN(C)C)c3)c2)CC(C)N1c1ccc(C(=O)NC2CCCC2)cn1. The van der Waals surface area contributed by atoms with Crippen LogP contribution < -0.4 is 36.1 Å². The number of aromatic nitrogens is 1. The van der Waals surface area contributed by atoms with Crippen molar-refractivity contribution >= 4 is 34.9 Å². The number of primary amides is 1. The fourth-order valence-corrected chi connectivity index (χ4v) is 6.43. The Kier molecular flexibility index (Phi) is 11.4. The molecule has 260 valence electrons. The van der Waals surface area contributed by atoms with Gasteiger partial charge in [0.05, 0.1) is 23.9 Å². The molecule has 49 heavy (non-hydrogen) atoms. The van der Waals surface area contributed by atoms with Gasteiger partial charge in [0.1, 0.15) is 12.4 Å². The van der Waals surface area contributed by atoms with Gasteiger partial charge in [0.15, 0.2) is 11.5 Å².